The van der Waals surface area contributed by atoms with Crippen LogP contribution in [0, 0.1) is 0 Å². The van der Waals surface area contributed by atoms with E-state index in [2.05, 4.69) is 36.5 Å². The summed E-state index contributed by atoms with van der Waals surface area (Å²) in [6, 6.07) is 9.62. The topological polar surface area (TPSA) is 32.7 Å². The van der Waals surface area contributed by atoms with Gasteiger partial charge in [0.05, 0.1) is 0 Å². The Labute approximate surface area is 170 Å². The first kappa shape index (κ1) is 21.5. The summed E-state index contributed by atoms with van der Waals surface area (Å²) < 4.78 is 41.2. The SMILES string of the molecule is CC(C)(C)c1cc(CN2CCCCC2)c(O)c(-c2ccc(OC(F)(F)F)cc2)c1. The summed E-state index contributed by atoms with van der Waals surface area (Å²) in [6.45, 7) is 9.00. The Hall–Kier alpha value is -2.21. The number of hydrogen-bond donors (Lipinski definition) is 1. The maximum absolute atomic E-state index is 12.4. The molecule has 0 saturated carbocycles. The van der Waals surface area contributed by atoms with Crippen LogP contribution in [-0.2, 0) is 12.0 Å². The normalized spacial score (nSPS) is 16.1. The van der Waals surface area contributed by atoms with Crippen LogP contribution in [0.15, 0.2) is 36.4 Å². The van der Waals surface area contributed by atoms with Crippen molar-refractivity contribution in [3.8, 4) is 22.6 Å². The van der Waals surface area contributed by atoms with Crippen LogP contribution in [0.4, 0.5) is 13.2 Å². The summed E-state index contributed by atoms with van der Waals surface area (Å²) in [7, 11) is 0. The van der Waals surface area contributed by atoms with E-state index in [1.807, 2.05) is 6.07 Å². The van der Waals surface area contributed by atoms with Crippen LogP contribution in [0.25, 0.3) is 11.1 Å². The molecule has 0 unspecified atom stereocenters. The number of phenols is 1. The molecule has 0 aliphatic carbocycles. The molecule has 3 rings (SSSR count). The van der Waals surface area contributed by atoms with Crippen LogP contribution in [0.3, 0.4) is 0 Å². The number of phenolic OH excluding ortho intramolecular Hbond substituents is 1. The van der Waals surface area contributed by atoms with Gasteiger partial charge in [-0.2, -0.15) is 0 Å². The van der Waals surface area contributed by atoms with Crippen molar-refractivity contribution in [2.24, 2.45) is 0 Å². The zero-order valence-electron chi connectivity index (χ0n) is 17.1. The molecule has 2 aromatic rings. The van der Waals surface area contributed by atoms with Crippen molar-refractivity contribution in [3.63, 3.8) is 0 Å². The van der Waals surface area contributed by atoms with Gasteiger partial charge in [-0.15, -0.1) is 13.2 Å². The van der Waals surface area contributed by atoms with Gasteiger partial charge in [0.15, 0.2) is 0 Å². The average Bonchev–Trinajstić information content (AvgIpc) is 2.63. The molecular formula is C23H28F3NO2. The van der Waals surface area contributed by atoms with Gasteiger partial charge in [-0.1, -0.05) is 45.4 Å². The van der Waals surface area contributed by atoms with E-state index < -0.39 is 6.36 Å². The van der Waals surface area contributed by atoms with E-state index in [0.717, 1.165) is 37.1 Å². The number of aromatic hydroxyl groups is 1. The molecule has 0 bridgehead atoms. The van der Waals surface area contributed by atoms with Crippen molar-refractivity contribution < 1.29 is 23.0 Å². The Balaban J connectivity index is 1.97. The molecule has 158 valence electrons. The largest absolute Gasteiger partial charge is 0.573 e. The van der Waals surface area contributed by atoms with Gasteiger partial charge in [0.25, 0.3) is 0 Å². The minimum Gasteiger partial charge on any atom is -0.507 e. The second-order valence-corrected chi connectivity index (χ2v) is 8.69. The molecule has 3 nitrogen and oxygen atoms in total. The fourth-order valence-corrected chi connectivity index (χ4v) is 3.66. The quantitative estimate of drug-likeness (QED) is 0.651. The van der Waals surface area contributed by atoms with E-state index in [0.29, 0.717) is 17.7 Å². The minimum atomic E-state index is -4.72. The molecule has 1 saturated heterocycles. The van der Waals surface area contributed by atoms with E-state index in [1.54, 1.807) is 12.1 Å². The lowest BCUT2D eigenvalue weighted by Gasteiger charge is -2.28. The number of halogens is 3. The third-order valence-corrected chi connectivity index (χ3v) is 5.30. The fourth-order valence-electron chi connectivity index (χ4n) is 3.66. The average molecular weight is 407 g/mol. The van der Waals surface area contributed by atoms with Gasteiger partial charge < -0.3 is 9.84 Å². The van der Waals surface area contributed by atoms with E-state index in [1.165, 1.54) is 18.6 Å². The van der Waals surface area contributed by atoms with E-state index in [-0.39, 0.29) is 16.9 Å². The van der Waals surface area contributed by atoms with E-state index >= 15 is 0 Å². The molecule has 1 N–H and O–H groups in total. The number of benzene rings is 2. The Morgan fingerprint density at radius 2 is 1.59 bits per heavy atom. The van der Waals surface area contributed by atoms with Gasteiger partial charge in [0.2, 0.25) is 0 Å². The number of piperidine rings is 1. The van der Waals surface area contributed by atoms with Gasteiger partial charge in [-0.25, -0.2) is 0 Å². The Morgan fingerprint density at radius 1 is 0.966 bits per heavy atom. The van der Waals surface area contributed by atoms with Gasteiger partial charge in [-0.05, 0) is 60.7 Å². The first-order valence-corrected chi connectivity index (χ1v) is 9.98. The molecule has 1 fully saturated rings. The number of alkyl halides is 3. The highest BCUT2D eigenvalue weighted by atomic mass is 19.4. The van der Waals surface area contributed by atoms with Crippen LogP contribution < -0.4 is 4.74 Å². The third-order valence-electron chi connectivity index (χ3n) is 5.30. The minimum absolute atomic E-state index is 0.127. The molecule has 0 atom stereocenters. The highest BCUT2D eigenvalue weighted by Gasteiger charge is 2.31. The molecule has 0 spiro atoms. The molecular weight excluding hydrogens is 379 g/mol. The maximum atomic E-state index is 12.4. The van der Waals surface area contributed by atoms with Crippen LogP contribution >= 0.6 is 0 Å². The van der Waals surface area contributed by atoms with Gasteiger partial charge in [0.1, 0.15) is 11.5 Å². The van der Waals surface area contributed by atoms with Crippen molar-refractivity contribution in [3.05, 3.63) is 47.5 Å². The molecule has 0 aromatic heterocycles. The molecule has 2 aromatic carbocycles. The van der Waals surface area contributed by atoms with Crippen LogP contribution in [-0.4, -0.2) is 29.5 Å². The zero-order valence-corrected chi connectivity index (χ0v) is 17.1. The van der Waals surface area contributed by atoms with Gasteiger partial charge in [0, 0.05) is 17.7 Å². The smallest absolute Gasteiger partial charge is 0.507 e. The molecule has 1 aliphatic rings. The summed E-state index contributed by atoms with van der Waals surface area (Å²) >= 11 is 0. The number of ether oxygens (including phenoxy) is 1. The second-order valence-electron chi connectivity index (χ2n) is 8.69. The Bertz CT molecular complexity index is 833. The van der Waals surface area contributed by atoms with E-state index in [4.69, 9.17) is 0 Å². The van der Waals surface area contributed by atoms with Crippen molar-refractivity contribution in [1.82, 2.24) is 4.90 Å². The van der Waals surface area contributed by atoms with Crippen molar-refractivity contribution >= 4 is 0 Å². The van der Waals surface area contributed by atoms with Crippen molar-refractivity contribution in [1.29, 1.82) is 0 Å². The summed E-state index contributed by atoms with van der Waals surface area (Å²) in [5, 5.41) is 11.0. The molecule has 6 heteroatoms. The highest BCUT2D eigenvalue weighted by Crippen LogP contribution is 2.39. The van der Waals surface area contributed by atoms with Crippen LogP contribution in [0.5, 0.6) is 11.5 Å². The van der Waals surface area contributed by atoms with Gasteiger partial charge in [-0.3, -0.25) is 4.90 Å². The number of nitrogens with zero attached hydrogens (tertiary/aromatic N) is 1. The Morgan fingerprint density at radius 3 is 2.14 bits per heavy atom. The molecule has 1 heterocycles. The second kappa shape index (κ2) is 8.27. The predicted molar refractivity (Wildman–Crippen MR) is 108 cm³/mol. The summed E-state index contributed by atoms with van der Waals surface area (Å²) in [5.74, 6) is -0.0886. The maximum Gasteiger partial charge on any atom is 0.573 e. The third kappa shape index (κ3) is 5.66. The highest BCUT2D eigenvalue weighted by molar-refractivity contribution is 5.73. The summed E-state index contributed by atoms with van der Waals surface area (Å²) in [6.07, 6.45) is -1.17. The standard InChI is InChI=1S/C23H28F3NO2/c1-22(2,3)18-13-17(15-27-11-5-4-6-12-27)21(28)20(14-18)16-7-9-19(10-8-16)29-23(24,25)26/h7-10,13-14,28H,4-6,11-12,15H2,1-3H3. The summed E-state index contributed by atoms with van der Waals surface area (Å²) in [4.78, 5) is 2.34. The summed E-state index contributed by atoms with van der Waals surface area (Å²) in [5.41, 5.74) is 3.09. The molecule has 0 amide bonds. The fraction of sp³-hybridized carbons (Fsp3) is 0.478. The molecule has 0 radical (unpaired) electrons. The number of likely N-dealkylation sites (tertiary alicyclic amines) is 1. The number of rotatable bonds is 4. The van der Waals surface area contributed by atoms with Crippen molar-refractivity contribution in [2.45, 2.75) is 58.4 Å². The number of hydrogen-bond acceptors (Lipinski definition) is 3. The van der Waals surface area contributed by atoms with Crippen molar-refractivity contribution in [2.75, 3.05) is 13.1 Å². The zero-order chi connectivity index (χ0) is 21.2. The first-order valence-electron chi connectivity index (χ1n) is 9.98. The van der Waals surface area contributed by atoms with E-state index in [9.17, 15) is 18.3 Å². The lowest BCUT2D eigenvalue weighted by molar-refractivity contribution is -0.274. The van der Waals surface area contributed by atoms with Gasteiger partial charge >= 0.3 is 6.36 Å². The molecule has 1 aliphatic heterocycles. The molecule has 29 heavy (non-hydrogen) atoms. The first-order chi connectivity index (χ1) is 13.5. The van der Waals surface area contributed by atoms with Crippen LogP contribution in [0.2, 0.25) is 0 Å². The predicted octanol–water partition coefficient (Wildman–Crippen LogP) is 6.24. The monoisotopic (exact) mass is 407 g/mol. The lowest BCUT2D eigenvalue weighted by Crippen LogP contribution is -2.29. The Kier molecular flexibility index (Phi) is 6.13. The lowest BCUT2D eigenvalue weighted by atomic mass is 9.83. The van der Waals surface area contributed by atoms with Crippen LogP contribution in [0.1, 0.15) is 51.2 Å².